The Morgan fingerprint density at radius 1 is 1.15 bits per heavy atom. The van der Waals surface area contributed by atoms with Crippen LogP contribution in [-0.2, 0) is 10.2 Å². The van der Waals surface area contributed by atoms with Crippen molar-refractivity contribution < 1.29 is 15.0 Å². The highest BCUT2D eigenvalue weighted by Crippen LogP contribution is 2.46. The summed E-state index contributed by atoms with van der Waals surface area (Å²) in [7, 11) is 0. The topological polar surface area (TPSA) is 83.5 Å². The maximum absolute atomic E-state index is 11.5. The van der Waals surface area contributed by atoms with Crippen molar-refractivity contribution in [3.8, 4) is 11.5 Å². The fourth-order valence-electron chi connectivity index (χ4n) is 4.28. The van der Waals surface area contributed by atoms with Gasteiger partial charge in [-0.2, -0.15) is 0 Å². The predicted octanol–water partition coefficient (Wildman–Crippen LogP) is 5.10. The zero-order chi connectivity index (χ0) is 19.3. The van der Waals surface area contributed by atoms with Crippen LogP contribution in [0.3, 0.4) is 0 Å². The van der Waals surface area contributed by atoms with Gasteiger partial charge >= 0.3 is 0 Å². The first kappa shape index (κ1) is 20.6. The maximum Gasteiger partial charge on any atom is 0.220 e. The summed E-state index contributed by atoms with van der Waals surface area (Å²) in [5, 5.41) is 21.3. The van der Waals surface area contributed by atoms with Crippen LogP contribution in [0, 0.1) is 5.92 Å². The minimum absolute atomic E-state index is 0.0111. The minimum Gasteiger partial charge on any atom is -0.508 e. The molecule has 1 saturated carbocycles. The second-order valence-electron chi connectivity index (χ2n) is 8.59. The molecule has 0 bridgehead atoms. The molecule has 0 aromatic heterocycles. The summed E-state index contributed by atoms with van der Waals surface area (Å²) in [6, 6.07) is 3.62. The lowest BCUT2D eigenvalue weighted by Gasteiger charge is -2.30. The van der Waals surface area contributed by atoms with Crippen LogP contribution in [0.15, 0.2) is 12.1 Å². The van der Waals surface area contributed by atoms with Gasteiger partial charge in [-0.1, -0.05) is 52.9 Å². The Hall–Kier alpha value is -1.71. The lowest BCUT2D eigenvalue weighted by atomic mass is 9.75. The van der Waals surface area contributed by atoms with Gasteiger partial charge in [0.2, 0.25) is 5.91 Å². The Morgan fingerprint density at radius 3 is 2.38 bits per heavy atom. The fraction of sp³-hybridized carbons (Fsp3) is 0.682. The van der Waals surface area contributed by atoms with E-state index in [2.05, 4.69) is 20.8 Å². The van der Waals surface area contributed by atoms with Crippen molar-refractivity contribution in [3.63, 3.8) is 0 Å². The van der Waals surface area contributed by atoms with Crippen LogP contribution in [-0.4, -0.2) is 16.1 Å². The van der Waals surface area contributed by atoms with E-state index in [1.807, 2.05) is 12.1 Å². The first-order valence-corrected chi connectivity index (χ1v) is 10.1. The molecule has 1 aliphatic carbocycles. The first-order valence-electron chi connectivity index (χ1n) is 10.1. The van der Waals surface area contributed by atoms with E-state index >= 15 is 0 Å². The second-order valence-corrected chi connectivity index (χ2v) is 8.59. The molecule has 2 unspecified atom stereocenters. The predicted molar refractivity (Wildman–Crippen MR) is 105 cm³/mol. The third-order valence-corrected chi connectivity index (χ3v) is 6.06. The zero-order valence-electron chi connectivity index (χ0n) is 16.6. The molecule has 1 aliphatic rings. The third kappa shape index (κ3) is 4.93. The molecule has 0 spiro atoms. The Labute approximate surface area is 157 Å². The normalized spacial score (nSPS) is 20.9. The molecule has 0 aliphatic heterocycles. The number of phenolic OH excluding ortho intramolecular Hbond substituents is 2. The highest BCUT2D eigenvalue weighted by atomic mass is 16.3. The van der Waals surface area contributed by atoms with E-state index in [4.69, 9.17) is 5.73 Å². The molecule has 4 nitrogen and oxygen atoms in total. The van der Waals surface area contributed by atoms with Gasteiger partial charge in [0.25, 0.3) is 0 Å². The van der Waals surface area contributed by atoms with Gasteiger partial charge in [-0.05, 0) is 54.7 Å². The average Bonchev–Trinajstić information content (AvgIpc) is 2.58. The molecule has 1 aromatic rings. The largest absolute Gasteiger partial charge is 0.508 e. The zero-order valence-corrected chi connectivity index (χ0v) is 16.6. The number of carbonyl (C=O) groups is 1. The Morgan fingerprint density at radius 2 is 1.81 bits per heavy atom. The number of amides is 1. The van der Waals surface area contributed by atoms with E-state index in [1.165, 1.54) is 19.3 Å². The number of aromatic hydroxyl groups is 2. The molecule has 1 amide bonds. The van der Waals surface area contributed by atoms with Crippen LogP contribution in [0.4, 0.5) is 0 Å². The van der Waals surface area contributed by atoms with Crippen LogP contribution >= 0.6 is 0 Å². The monoisotopic (exact) mass is 361 g/mol. The lowest BCUT2D eigenvalue weighted by molar-refractivity contribution is -0.122. The summed E-state index contributed by atoms with van der Waals surface area (Å²) in [6.45, 7) is 6.53. The van der Waals surface area contributed by atoms with Gasteiger partial charge in [0.05, 0.1) is 0 Å². The van der Waals surface area contributed by atoms with Crippen LogP contribution in [0.1, 0.15) is 95.6 Å². The molecule has 26 heavy (non-hydrogen) atoms. The molecule has 4 N–H and O–H groups in total. The van der Waals surface area contributed by atoms with Crippen molar-refractivity contribution in [2.45, 2.75) is 89.9 Å². The van der Waals surface area contributed by atoms with Crippen LogP contribution < -0.4 is 5.73 Å². The van der Waals surface area contributed by atoms with E-state index in [-0.39, 0.29) is 34.7 Å². The number of rotatable bonds is 8. The third-order valence-electron chi connectivity index (χ3n) is 6.06. The smallest absolute Gasteiger partial charge is 0.220 e. The van der Waals surface area contributed by atoms with Gasteiger partial charge in [-0.25, -0.2) is 0 Å². The minimum atomic E-state index is -0.279. The number of benzene rings is 1. The number of hydrogen-bond donors (Lipinski definition) is 3. The highest BCUT2D eigenvalue weighted by molar-refractivity contribution is 5.76. The number of nitrogens with two attached hydrogens (primary N) is 1. The van der Waals surface area contributed by atoms with Crippen molar-refractivity contribution in [3.05, 3.63) is 23.3 Å². The van der Waals surface area contributed by atoms with Crippen molar-refractivity contribution >= 4 is 5.91 Å². The van der Waals surface area contributed by atoms with E-state index in [1.54, 1.807) is 0 Å². The first-order chi connectivity index (χ1) is 12.3. The molecule has 2 atom stereocenters. The molecule has 1 aromatic carbocycles. The Balaban J connectivity index is 2.18. The Kier molecular flexibility index (Phi) is 6.96. The summed E-state index contributed by atoms with van der Waals surface area (Å²) < 4.78 is 0. The molecule has 0 radical (unpaired) electrons. The summed E-state index contributed by atoms with van der Waals surface area (Å²) >= 11 is 0. The number of carbonyl (C=O) groups excluding carboxylic acids is 1. The van der Waals surface area contributed by atoms with Gasteiger partial charge < -0.3 is 15.9 Å². The van der Waals surface area contributed by atoms with Gasteiger partial charge in [-0.15, -0.1) is 0 Å². The van der Waals surface area contributed by atoms with Crippen molar-refractivity contribution in [1.82, 2.24) is 0 Å². The van der Waals surface area contributed by atoms with Crippen LogP contribution in [0.2, 0.25) is 0 Å². The molecule has 2 rings (SSSR count). The van der Waals surface area contributed by atoms with Gasteiger partial charge in [0.15, 0.2) is 0 Å². The van der Waals surface area contributed by atoms with Crippen molar-refractivity contribution in [1.29, 1.82) is 0 Å². The summed E-state index contributed by atoms with van der Waals surface area (Å²) in [4.78, 5) is 11.5. The van der Waals surface area contributed by atoms with E-state index < -0.39 is 0 Å². The highest BCUT2D eigenvalue weighted by Gasteiger charge is 2.31. The van der Waals surface area contributed by atoms with Crippen LogP contribution in [0.5, 0.6) is 11.5 Å². The Bertz CT molecular complexity index is 601. The quantitative estimate of drug-likeness (QED) is 0.563. The van der Waals surface area contributed by atoms with E-state index in [0.29, 0.717) is 12.0 Å². The summed E-state index contributed by atoms with van der Waals surface area (Å²) in [5.41, 5.74) is 6.93. The second kappa shape index (κ2) is 8.79. The number of primary amides is 1. The number of phenols is 2. The van der Waals surface area contributed by atoms with Crippen LogP contribution in [0.25, 0.3) is 0 Å². The molecule has 0 saturated heterocycles. The molecule has 1 fully saturated rings. The molecular formula is C22H35NO3. The standard InChI is InChI=1S/C22H35NO3/c1-4-5-6-7-11-22(2,3)17-13-18(24)20(19(25)14-17)15-9-8-10-16(12-15)21(23)26/h13-16,24-25H,4-12H2,1-3H3,(H2,23,26). The molecular weight excluding hydrogens is 326 g/mol. The average molecular weight is 362 g/mol. The molecule has 4 heteroatoms. The van der Waals surface area contributed by atoms with Gasteiger partial charge in [0, 0.05) is 11.5 Å². The van der Waals surface area contributed by atoms with Gasteiger partial charge in [0.1, 0.15) is 11.5 Å². The van der Waals surface area contributed by atoms with Crippen molar-refractivity contribution in [2.24, 2.45) is 11.7 Å². The fourth-order valence-corrected chi connectivity index (χ4v) is 4.28. The maximum atomic E-state index is 11.5. The number of hydrogen-bond acceptors (Lipinski definition) is 3. The molecule has 146 valence electrons. The summed E-state index contributed by atoms with van der Waals surface area (Å²) in [5.74, 6) is -0.155. The van der Waals surface area contributed by atoms with E-state index in [9.17, 15) is 15.0 Å². The molecule has 0 heterocycles. The SMILES string of the molecule is CCCCCCC(C)(C)c1cc(O)c(C2CCCC(C(N)=O)C2)c(O)c1. The lowest BCUT2D eigenvalue weighted by Crippen LogP contribution is -2.28. The summed E-state index contributed by atoms with van der Waals surface area (Å²) in [6.07, 6.45) is 9.01. The van der Waals surface area contributed by atoms with Crippen molar-refractivity contribution in [2.75, 3.05) is 0 Å². The number of unbranched alkanes of at least 4 members (excludes halogenated alkanes) is 3. The van der Waals surface area contributed by atoms with E-state index in [0.717, 1.165) is 37.7 Å². The van der Waals surface area contributed by atoms with Gasteiger partial charge in [-0.3, -0.25) is 4.79 Å².